The van der Waals surface area contributed by atoms with E-state index in [1.54, 1.807) is 6.07 Å². The highest BCUT2D eigenvalue weighted by Crippen LogP contribution is 2.31. The number of carbonyl (C=O) groups is 1. The molecule has 4 heteroatoms. The standard InChI is InChI=1S/C11H13ClFNO/c1-6(2)10-9(14-7(3)15)5-4-8(12)11(10)13/h4-6H,1-3H3,(H,14,15). The molecule has 0 aromatic heterocycles. The number of carbonyl (C=O) groups excluding carboxylic acids is 1. The number of halogens is 2. The summed E-state index contributed by atoms with van der Waals surface area (Å²) in [5.74, 6) is -0.720. The molecule has 0 aliphatic heterocycles. The Balaban J connectivity index is 3.26. The Morgan fingerprint density at radius 3 is 2.53 bits per heavy atom. The van der Waals surface area contributed by atoms with Crippen molar-refractivity contribution < 1.29 is 9.18 Å². The lowest BCUT2D eigenvalue weighted by molar-refractivity contribution is -0.114. The average molecular weight is 230 g/mol. The van der Waals surface area contributed by atoms with Gasteiger partial charge in [0.15, 0.2) is 0 Å². The fourth-order valence-electron chi connectivity index (χ4n) is 1.43. The third-order valence-electron chi connectivity index (χ3n) is 2.02. The molecule has 2 nitrogen and oxygen atoms in total. The van der Waals surface area contributed by atoms with Gasteiger partial charge in [0.2, 0.25) is 5.91 Å². The summed E-state index contributed by atoms with van der Waals surface area (Å²) in [4.78, 5) is 10.9. The van der Waals surface area contributed by atoms with E-state index in [-0.39, 0.29) is 16.8 Å². The van der Waals surface area contributed by atoms with E-state index in [9.17, 15) is 9.18 Å². The smallest absolute Gasteiger partial charge is 0.221 e. The fourth-order valence-corrected chi connectivity index (χ4v) is 1.59. The first-order chi connectivity index (χ1) is 6.93. The van der Waals surface area contributed by atoms with Crippen LogP contribution in [0.4, 0.5) is 10.1 Å². The lowest BCUT2D eigenvalue weighted by atomic mass is 10.0. The fraction of sp³-hybridized carbons (Fsp3) is 0.364. The van der Waals surface area contributed by atoms with Crippen LogP contribution in [-0.2, 0) is 4.79 Å². The number of nitrogens with one attached hydrogen (secondary N) is 1. The third-order valence-corrected chi connectivity index (χ3v) is 2.31. The minimum absolute atomic E-state index is 0.0365. The first-order valence-corrected chi connectivity index (χ1v) is 5.06. The van der Waals surface area contributed by atoms with Crippen LogP contribution in [0.25, 0.3) is 0 Å². The van der Waals surface area contributed by atoms with E-state index >= 15 is 0 Å². The molecule has 1 N–H and O–H groups in total. The Morgan fingerprint density at radius 1 is 1.47 bits per heavy atom. The highest BCUT2D eigenvalue weighted by Gasteiger charge is 2.15. The summed E-state index contributed by atoms with van der Waals surface area (Å²) in [7, 11) is 0. The van der Waals surface area contributed by atoms with Gasteiger partial charge in [-0.15, -0.1) is 0 Å². The molecule has 0 saturated heterocycles. The molecule has 0 radical (unpaired) electrons. The first kappa shape index (κ1) is 12.0. The Labute approximate surface area is 93.4 Å². The van der Waals surface area contributed by atoms with Gasteiger partial charge in [-0.3, -0.25) is 4.79 Å². The summed E-state index contributed by atoms with van der Waals surface area (Å²) in [5.41, 5.74) is 0.928. The summed E-state index contributed by atoms with van der Waals surface area (Å²) in [6.07, 6.45) is 0. The molecule has 0 fully saturated rings. The van der Waals surface area contributed by atoms with Crippen LogP contribution in [0.1, 0.15) is 32.3 Å². The Morgan fingerprint density at radius 2 is 2.07 bits per heavy atom. The largest absolute Gasteiger partial charge is 0.326 e. The summed E-state index contributed by atoms with van der Waals surface area (Å²) in [6, 6.07) is 3.05. The van der Waals surface area contributed by atoms with Crippen LogP contribution in [0.15, 0.2) is 12.1 Å². The predicted octanol–water partition coefficient (Wildman–Crippen LogP) is 3.56. The molecular formula is C11H13ClFNO. The average Bonchev–Trinajstić information content (AvgIpc) is 2.10. The Kier molecular flexibility index (Phi) is 3.69. The van der Waals surface area contributed by atoms with Crippen molar-refractivity contribution >= 4 is 23.2 Å². The zero-order chi connectivity index (χ0) is 11.6. The van der Waals surface area contributed by atoms with Crippen LogP contribution in [-0.4, -0.2) is 5.91 Å². The molecule has 1 aromatic carbocycles. The van der Waals surface area contributed by atoms with Crippen molar-refractivity contribution in [3.8, 4) is 0 Å². The molecular weight excluding hydrogens is 217 g/mol. The second kappa shape index (κ2) is 4.62. The minimum atomic E-state index is -0.460. The molecule has 0 aliphatic carbocycles. The molecule has 0 saturated carbocycles. The molecule has 0 aliphatic rings. The molecule has 1 rings (SSSR count). The first-order valence-electron chi connectivity index (χ1n) is 4.69. The number of amides is 1. The van der Waals surface area contributed by atoms with E-state index in [0.717, 1.165) is 0 Å². The van der Waals surface area contributed by atoms with Crippen LogP contribution >= 0.6 is 11.6 Å². The molecule has 0 unspecified atom stereocenters. The van der Waals surface area contributed by atoms with Gasteiger partial charge in [0.25, 0.3) is 0 Å². The molecule has 15 heavy (non-hydrogen) atoms. The van der Waals surface area contributed by atoms with Crippen molar-refractivity contribution in [2.24, 2.45) is 0 Å². The van der Waals surface area contributed by atoms with Crippen molar-refractivity contribution in [3.63, 3.8) is 0 Å². The maximum atomic E-state index is 13.7. The predicted molar refractivity (Wildman–Crippen MR) is 59.8 cm³/mol. The van der Waals surface area contributed by atoms with Crippen LogP contribution < -0.4 is 5.32 Å². The normalized spacial score (nSPS) is 10.5. The van der Waals surface area contributed by atoms with Gasteiger partial charge < -0.3 is 5.32 Å². The van der Waals surface area contributed by atoms with Gasteiger partial charge in [-0.1, -0.05) is 25.4 Å². The summed E-state index contributed by atoms with van der Waals surface area (Å²) < 4.78 is 13.7. The van der Waals surface area contributed by atoms with E-state index in [0.29, 0.717) is 11.3 Å². The van der Waals surface area contributed by atoms with Crippen molar-refractivity contribution in [1.82, 2.24) is 0 Å². The van der Waals surface area contributed by atoms with E-state index in [1.807, 2.05) is 13.8 Å². The van der Waals surface area contributed by atoms with Crippen LogP contribution in [0.3, 0.4) is 0 Å². The number of anilines is 1. The number of benzene rings is 1. The maximum absolute atomic E-state index is 13.7. The van der Waals surface area contributed by atoms with Gasteiger partial charge in [0.1, 0.15) is 5.82 Å². The topological polar surface area (TPSA) is 29.1 Å². The Hall–Kier alpha value is -1.09. The lowest BCUT2D eigenvalue weighted by Gasteiger charge is -2.14. The van der Waals surface area contributed by atoms with Crippen molar-refractivity contribution in [2.45, 2.75) is 26.7 Å². The van der Waals surface area contributed by atoms with Crippen molar-refractivity contribution in [2.75, 3.05) is 5.32 Å². The van der Waals surface area contributed by atoms with E-state index in [4.69, 9.17) is 11.6 Å². The molecule has 0 heterocycles. The minimum Gasteiger partial charge on any atom is -0.326 e. The molecule has 0 bridgehead atoms. The number of hydrogen-bond acceptors (Lipinski definition) is 1. The maximum Gasteiger partial charge on any atom is 0.221 e. The summed E-state index contributed by atoms with van der Waals surface area (Å²) in [5, 5.41) is 2.66. The van der Waals surface area contributed by atoms with Gasteiger partial charge in [-0.2, -0.15) is 0 Å². The monoisotopic (exact) mass is 229 g/mol. The quantitative estimate of drug-likeness (QED) is 0.826. The van der Waals surface area contributed by atoms with Crippen LogP contribution in [0.2, 0.25) is 5.02 Å². The van der Waals surface area contributed by atoms with E-state index < -0.39 is 5.82 Å². The van der Waals surface area contributed by atoms with Crippen LogP contribution in [0, 0.1) is 5.82 Å². The van der Waals surface area contributed by atoms with Gasteiger partial charge >= 0.3 is 0 Å². The zero-order valence-electron chi connectivity index (χ0n) is 8.90. The highest BCUT2D eigenvalue weighted by molar-refractivity contribution is 6.31. The second-order valence-corrected chi connectivity index (χ2v) is 4.07. The zero-order valence-corrected chi connectivity index (χ0v) is 9.65. The van der Waals surface area contributed by atoms with Crippen molar-refractivity contribution in [1.29, 1.82) is 0 Å². The molecule has 1 aromatic rings. The summed E-state index contributed by atoms with van der Waals surface area (Å²) >= 11 is 5.68. The molecule has 1 amide bonds. The van der Waals surface area contributed by atoms with Crippen molar-refractivity contribution in [3.05, 3.63) is 28.5 Å². The van der Waals surface area contributed by atoms with E-state index in [1.165, 1.54) is 13.0 Å². The van der Waals surface area contributed by atoms with E-state index in [2.05, 4.69) is 5.32 Å². The van der Waals surface area contributed by atoms with Gasteiger partial charge in [-0.25, -0.2) is 4.39 Å². The molecule has 0 atom stereocenters. The van der Waals surface area contributed by atoms with Gasteiger partial charge in [-0.05, 0) is 18.1 Å². The lowest BCUT2D eigenvalue weighted by Crippen LogP contribution is -2.10. The SMILES string of the molecule is CC(=O)Nc1ccc(Cl)c(F)c1C(C)C. The molecule has 0 spiro atoms. The Bertz CT molecular complexity index is 390. The van der Waals surface area contributed by atoms with Crippen LogP contribution in [0.5, 0.6) is 0 Å². The van der Waals surface area contributed by atoms with Gasteiger partial charge in [0.05, 0.1) is 5.02 Å². The molecule has 82 valence electrons. The number of hydrogen-bond donors (Lipinski definition) is 1. The highest BCUT2D eigenvalue weighted by atomic mass is 35.5. The van der Waals surface area contributed by atoms with Gasteiger partial charge in [0, 0.05) is 18.2 Å². The number of rotatable bonds is 2. The second-order valence-electron chi connectivity index (χ2n) is 3.66. The third kappa shape index (κ3) is 2.69. The summed E-state index contributed by atoms with van der Waals surface area (Å²) in [6.45, 7) is 5.08.